The monoisotopic (exact) mass is 279 g/mol. The van der Waals surface area contributed by atoms with Gasteiger partial charge >= 0.3 is 53.4 Å². The van der Waals surface area contributed by atoms with Crippen LogP contribution in [0.25, 0.3) is 0 Å². The quantitative estimate of drug-likeness (QED) is 0.518. The van der Waals surface area contributed by atoms with Crippen LogP contribution in [0.15, 0.2) is 6.07 Å². The molecule has 19 heavy (non-hydrogen) atoms. The van der Waals surface area contributed by atoms with Crippen molar-refractivity contribution in [3.8, 4) is 0 Å². The van der Waals surface area contributed by atoms with Crippen molar-refractivity contribution in [2.24, 2.45) is 0 Å². The number of nitrogens with zero attached hydrogens (tertiary/aromatic N) is 1. The number of aromatic carboxylic acids is 4. The van der Waals surface area contributed by atoms with Crippen molar-refractivity contribution in [3.63, 3.8) is 0 Å². The van der Waals surface area contributed by atoms with Crippen molar-refractivity contribution in [2.45, 2.75) is 0 Å². The van der Waals surface area contributed by atoms with Crippen LogP contribution in [0.1, 0.15) is 41.7 Å². The number of pyridine rings is 1. The number of hydrogen-bond acceptors (Lipinski definition) is 5. The maximum absolute atomic E-state index is 10.7. The molecule has 0 saturated heterocycles. The summed E-state index contributed by atoms with van der Waals surface area (Å²) >= 11 is 0. The second kappa shape index (κ2) is 6.27. The molecule has 0 aliphatic carbocycles. The number of carboxylic acid groups (broad SMARTS) is 4. The van der Waals surface area contributed by atoms with Crippen molar-refractivity contribution in [3.05, 3.63) is 28.6 Å². The van der Waals surface area contributed by atoms with Gasteiger partial charge in [0.25, 0.3) is 0 Å². The van der Waals surface area contributed by atoms with Gasteiger partial charge < -0.3 is 20.4 Å². The molecule has 0 radical (unpaired) electrons. The van der Waals surface area contributed by atoms with Crippen LogP contribution in [0.2, 0.25) is 0 Å². The summed E-state index contributed by atoms with van der Waals surface area (Å²) in [5, 5.41) is 34.8. The molecule has 0 aromatic carbocycles. The number of hydrogen-bond donors (Lipinski definition) is 4. The van der Waals surface area contributed by atoms with Crippen LogP contribution in [0.3, 0.4) is 0 Å². The third-order valence-electron chi connectivity index (χ3n) is 1.89. The van der Waals surface area contributed by atoms with Crippen molar-refractivity contribution < 1.29 is 39.6 Å². The second-order valence-corrected chi connectivity index (χ2v) is 3.00. The molecule has 1 rings (SSSR count). The van der Waals surface area contributed by atoms with Crippen LogP contribution in [-0.4, -0.2) is 78.8 Å². The zero-order valence-corrected chi connectivity index (χ0v) is 8.45. The molecule has 0 aliphatic rings. The fraction of sp³-hybridized carbons (Fsp3) is 0. The normalized spacial score (nSPS) is 9.26. The molecule has 0 aliphatic heterocycles. The van der Waals surface area contributed by atoms with E-state index < -0.39 is 46.4 Å². The molecule has 1 aromatic heterocycles. The maximum atomic E-state index is 10.7. The molecular formula is C9H6NNaO8. The van der Waals surface area contributed by atoms with Gasteiger partial charge in [-0.15, -0.1) is 0 Å². The van der Waals surface area contributed by atoms with Crippen molar-refractivity contribution in [2.75, 3.05) is 0 Å². The minimum absolute atomic E-state index is 0. The van der Waals surface area contributed by atoms with E-state index in [1.807, 2.05) is 0 Å². The average molecular weight is 279 g/mol. The summed E-state index contributed by atoms with van der Waals surface area (Å²) in [5.74, 6) is -6.99. The van der Waals surface area contributed by atoms with E-state index in [0.29, 0.717) is 6.07 Å². The summed E-state index contributed by atoms with van der Waals surface area (Å²) in [6.45, 7) is 0. The van der Waals surface area contributed by atoms with E-state index in [4.69, 9.17) is 20.4 Å². The van der Waals surface area contributed by atoms with E-state index in [2.05, 4.69) is 4.98 Å². The standard InChI is InChI=1S/C9H5NO8.Na.H/c11-6(12)2-1-3(7(13)14)5(9(17)18)10-4(2)8(15)16;;/h1H,(H,11,12)(H,13,14)(H,15,16)(H,17,18);;. The molecular weight excluding hydrogens is 273 g/mol. The van der Waals surface area contributed by atoms with Crippen molar-refractivity contribution in [1.82, 2.24) is 4.98 Å². The molecule has 0 fully saturated rings. The van der Waals surface area contributed by atoms with Crippen LogP contribution in [0.5, 0.6) is 0 Å². The number of aromatic nitrogens is 1. The van der Waals surface area contributed by atoms with Crippen LogP contribution in [0.4, 0.5) is 0 Å². The van der Waals surface area contributed by atoms with E-state index in [9.17, 15) is 19.2 Å². The summed E-state index contributed by atoms with van der Waals surface area (Å²) in [6.07, 6.45) is 0. The van der Waals surface area contributed by atoms with E-state index in [1.54, 1.807) is 0 Å². The first-order valence-corrected chi connectivity index (χ1v) is 4.24. The molecule has 1 aromatic rings. The summed E-state index contributed by atoms with van der Waals surface area (Å²) in [7, 11) is 0. The van der Waals surface area contributed by atoms with Crippen molar-refractivity contribution in [1.29, 1.82) is 0 Å². The van der Waals surface area contributed by atoms with Crippen LogP contribution in [0, 0.1) is 0 Å². The van der Waals surface area contributed by atoms with Crippen LogP contribution >= 0.6 is 0 Å². The molecule has 96 valence electrons. The molecule has 0 unspecified atom stereocenters. The third kappa shape index (κ3) is 3.50. The average Bonchev–Trinajstić information content (AvgIpc) is 2.26. The number of carboxylic acids is 4. The van der Waals surface area contributed by atoms with E-state index in [1.165, 1.54) is 0 Å². The Morgan fingerprint density at radius 2 is 1.05 bits per heavy atom. The zero-order valence-electron chi connectivity index (χ0n) is 8.45. The number of carbonyl (C=O) groups is 4. The van der Waals surface area contributed by atoms with Gasteiger partial charge in [-0.05, 0) is 6.07 Å². The molecule has 9 nitrogen and oxygen atoms in total. The van der Waals surface area contributed by atoms with E-state index in [0.717, 1.165) is 0 Å². The summed E-state index contributed by atoms with van der Waals surface area (Å²) < 4.78 is 0. The first-order valence-electron chi connectivity index (χ1n) is 4.24. The Morgan fingerprint density at radius 3 is 1.26 bits per heavy atom. The molecule has 1 heterocycles. The van der Waals surface area contributed by atoms with E-state index >= 15 is 0 Å². The Morgan fingerprint density at radius 1 is 0.737 bits per heavy atom. The summed E-state index contributed by atoms with van der Waals surface area (Å²) in [6, 6.07) is 0.449. The van der Waals surface area contributed by atoms with Gasteiger partial charge in [-0.1, -0.05) is 0 Å². The van der Waals surface area contributed by atoms with Gasteiger partial charge in [0.1, 0.15) is 0 Å². The first-order chi connectivity index (χ1) is 8.25. The Bertz CT molecular complexity index is 484. The second-order valence-electron chi connectivity index (χ2n) is 3.00. The Hall–Kier alpha value is -1.97. The molecule has 0 atom stereocenters. The van der Waals surface area contributed by atoms with Gasteiger partial charge in [-0.25, -0.2) is 24.2 Å². The molecule has 0 bridgehead atoms. The van der Waals surface area contributed by atoms with Crippen LogP contribution in [-0.2, 0) is 0 Å². The topological polar surface area (TPSA) is 162 Å². The van der Waals surface area contributed by atoms with E-state index in [-0.39, 0.29) is 29.6 Å². The predicted octanol–water partition coefficient (Wildman–Crippen LogP) is -0.774. The third-order valence-corrected chi connectivity index (χ3v) is 1.89. The Balaban J connectivity index is 0.00000324. The summed E-state index contributed by atoms with van der Waals surface area (Å²) in [5.41, 5.74) is -3.87. The van der Waals surface area contributed by atoms with Gasteiger partial charge in [0.05, 0.1) is 11.1 Å². The first kappa shape index (κ1) is 17.0. The van der Waals surface area contributed by atoms with Crippen molar-refractivity contribution >= 4 is 53.4 Å². The Kier molecular flexibility index (Phi) is 5.62. The molecule has 10 heteroatoms. The van der Waals surface area contributed by atoms with Gasteiger partial charge in [0, 0.05) is 0 Å². The predicted molar refractivity (Wildman–Crippen MR) is 59.2 cm³/mol. The fourth-order valence-electron chi connectivity index (χ4n) is 1.17. The SMILES string of the molecule is O=C(O)c1cc(C(=O)O)c(C(=O)O)nc1C(=O)O.[NaH]. The number of rotatable bonds is 4. The fourth-order valence-corrected chi connectivity index (χ4v) is 1.17. The molecule has 0 spiro atoms. The van der Waals surface area contributed by atoms with Gasteiger partial charge in [0.2, 0.25) is 0 Å². The molecule has 4 N–H and O–H groups in total. The van der Waals surface area contributed by atoms with Gasteiger partial charge in [0.15, 0.2) is 11.4 Å². The van der Waals surface area contributed by atoms with Crippen LogP contribution < -0.4 is 0 Å². The summed E-state index contributed by atoms with van der Waals surface area (Å²) in [4.78, 5) is 46.0. The van der Waals surface area contributed by atoms with Gasteiger partial charge in [-0.3, -0.25) is 0 Å². The van der Waals surface area contributed by atoms with Gasteiger partial charge in [-0.2, -0.15) is 0 Å². The zero-order chi connectivity index (χ0) is 14.0. The minimum atomic E-state index is -1.77. The Labute approximate surface area is 126 Å². The molecule has 0 amide bonds. The molecule has 0 saturated carbocycles.